The molecule has 7 rings (SSSR count). The third-order valence-corrected chi connectivity index (χ3v) is 12.0. The van der Waals surface area contributed by atoms with Gasteiger partial charge >= 0.3 is 0 Å². The Kier molecular flexibility index (Phi) is 7.57. The average Bonchev–Trinajstić information content (AvgIpc) is 3.27. The molecule has 7 nitrogen and oxygen atoms in total. The predicted octanol–water partition coefficient (Wildman–Crippen LogP) is 5.52. The molecule has 2 amide bonds. The van der Waals surface area contributed by atoms with E-state index < -0.39 is 34.6 Å². The molecule has 4 fully saturated rings. The van der Waals surface area contributed by atoms with Crippen molar-refractivity contribution in [3.63, 3.8) is 0 Å². The van der Waals surface area contributed by atoms with Gasteiger partial charge in [-0.1, -0.05) is 55.2 Å². The highest BCUT2D eigenvalue weighted by Gasteiger charge is 2.71. The van der Waals surface area contributed by atoms with Gasteiger partial charge in [0, 0.05) is 52.9 Å². The minimum atomic E-state index is -1.58. The molecule has 236 valence electrons. The molecule has 2 saturated carbocycles. The van der Waals surface area contributed by atoms with Crippen molar-refractivity contribution in [2.24, 2.45) is 5.41 Å². The van der Waals surface area contributed by atoms with Crippen molar-refractivity contribution in [1.29, 1.82) is 0 Å². The third kappa shape index (κ3) is 4.79. The molecule has 3 aliphatic heterocycles. The number of carbonyl (C=O) groups is 2. The molecule has 5 aliphatic rings. The third-order valence-electron chi connectivity index (χ3n) is 11.5. The summed E-state index contributed by atoms with van der Waals surface area (Å²) in [5, 5.41) is 20.2. The molecule has 3 atom stereocenters. The van der Waals surface area contributed by atoms with Gasteiger partial charge in [0.1, 0.15) is 17.3 Å². The Labute approximate surface area is 268 Å². The molecule has 0 unspecified atom stereocenters. The first-order chi connectivity index (χ1) is 20.9. The van der Waals surface area contributed by atoms with Gasteiger partial charge in [-0.2, -0.15) is 0 Å². The number of β-amino-alcohol motifs (C(OH)–C–C–N with tert-alkyl or cyclic N) is 1. The number of carbonyl (C=O) groups excluding carboxylic acids is 2. The van der Waals surface area contributed by atoms with E-state index in [0.717, 1.165) is 56.9 Å². The lowest BCUT2D eigenvalue weighted by atomic mass is 9.54. The zero-order valence-electron chi connectivity index (χ0n) is 25.3. The molecule has 2 aromatic carbocycles. The number of aliphatic hydroxyl groups excluding tert-OH is 1. The minimum Gasteiger partial charge on any atom is -0.390 e. The molecule has 2 saturated heterocycles. The van der Waals surface area contributed by atoms with Gasteiger partial charge in [0.25, 0.3) is 0 Å². The van der Waals surface area contributed by atoms with E-state index in [1.807, 2.05) is 6.07 Å². The molecule has 2 aromatic rings. The van der Waals surface area contributed by atoms with Crippen LogP contribution >= 0.6 is 23.2 Å². The smallest absolute Gasteiger partial charge is 0.238 e. The average molecular weight is 644 g/mol. The monoisotopic (exact) mass is 642 g/mol. The minimum absolute atomic E-state index is 0.0500. The van der Waals surface area contributed by atoms with Gasteiger partial charge in [-0.3, -0.25) is 19.8 Å². The van der Waals surface area contributed by atoms with Crippen LogP contribution in [0.4, 0.5) is 10.1 Å². The summed E-state index contributed by atoms with van der Waals surface area (Å²) in [6.07, 6.45) is 6.52. The number of rotatable bonds is 4. The van der Waals surface area contributed by atoms with Crippen LogP contribution in [0.2, 0.25) is 10.0 Å². The number of amides is 2. The van der Waals surface area contributed by atoms with Crippen LogP contribution < -0.4 is 16.0 Å². The van der Waals surface area contributed by atoms with Crippen LogP contribution in [0.15, 0.2) is 36.4 Å². The van der Waals surface area contributed by atoms with Crippen LogP contribution in [0.1, 0.15) is 82.3 Å². The maximum absolute atomic E-state index is 16.3. The summed E-state index contributed by atoms with van der Waals surface area (Å²) in [7, 11) is 0. The van der Waals surface area contributed by atoms with Crippen molar-refractivity contribution in [3.05, 3.63) is 63.4 Å². The summed E-state index contributed by atoms with van der Waals surface area (Å²) in [5.74, 6) is -1.90. The van der Waals surface area contributed by atoms with E-state index in [2.05, 4.69) is 34.7 Å². The van der Waals surface area contributed by atoms with E-state index in [0.29, 0.717) is 29.8 Å². The largest absolute Gasteiger partial charge is 0.390 e. The number of nitrogens with zero attached hydrogens (tertiary/aromatic N) is 1. The van der Waals surface area contributed by atoms with E-state index >= 15 is 4.39 Å². The van der Waals surface area contributed by atoms with Crippen molar-refractivity contribution in [2.45, 2.75) is 106 Å². The summed E-state index contributed by atoms with van der Waals surface area (Å²) in [6.45, 7) is 5.93. The lowest BCUT2D eigenvalue weighted by Crippen LogP contribution is -2.61. The first kappa shape index (κ1) is 30.4. The highest BCUT2D eigenvalue weighted by atomic mass is 35.5. The lowest BCUT2D eigenvalue weighted by Gasteiger charge is -2.49. The number of hydrogen-bond acceptors (Lipinski definition) is 5. The standard InChI is InChI=1S/C34H41Cl2FN4O3/c1-32(2)12-14-33(15-13-32)28-23-11-6-19(35)16-26(23)39-31(44)34(28,24-4-3-5-25(36)27(24)37)29(40-33)30(43)38-20-7-9-21(10-8-20)41-17-22(42)18-41/h3-6,11,16,20-22,28-29,40,42H,7-10,12-15,17-18H2,1-2H3,(H,38,43)(H,39,44)/t20?,21?,28-,29-,34+/m0/s1. The fourth-order valence-electron chi connectivity index (χ4n) is 9.00. The van der Waals surface area contributed by atoms with Gasteiger partial charge < -0.3 is 15.7 Å². The van der Waals surface area contributed by atoms with Gasteiger partial charge in [-0.25, -0.2) is 4.39 Å². The number of anilines is 1. The van der Waals surface area contributed by atoms with Crippen molar-refractivity contribution < 1.29 is 19.1 Å². The molecule has 3 heterocycles. The van der Waals surface area contributed by atoms with E-state index in [1.54, 1.807) is 24.3 Å². The van der Waals surface area contributed by atoms with Crippen LogP contribution in [0.5, 0.6) is 0 Å². The Hall–Kier alpha value is -2.23. The molecule has 0 radical (unpaired) electrons. The van der Waals surface area contributed by atoms with Gasteiger partial charge in [0.05, 0.1) is 11.1 Å². The summed E-state index contributed by atoms with van der Waals surface area (Å²) in [6, 6.07) is 9.58. The number of benzene rings is 2. The van der Waals surface area contributed by atoms with Crippen LogP contribution in [0, 0.1) is 11.2 Å². The topological polar surface area (TPSA) is 93.7 Å². The SMILES string of the molecule is CC1(C)CCC2(CC1)N[C@@H](C(=O)NC1CCC(N3CC(O)C3)CC1)[C@]1(c3cccc(Cl)c3F)C(=O)Nc3cc(Cl)ccc3[C@@H]21. The first-order valence-corrected chi connectivity index (χ1v) is 16.7. The Morgan fingerprint density at radius 1 is 1.05 bits per heavy atom. The van der Waals surface area contributed by atoms with Crippen molar-refractivity contribution in [1.82, 2.24) is 15.5 Å². The Bertz CT molecular complexity index is 1480. The summed E-state index contributed by atoms with van der Waals surface area (Å²) in [4.78, 5) is 31.5. The molecular formula is C34H41Cl2FN4O3. The normalized spacial score (nSPS) is 32.8. The second kappa shape index (κ2) is 10.9. The number of nitrogens with one attached hydrogen (secondary N) is 3. The maximum atomic E-state index is 16.3. The number of aliphatic hydroxyl groups is 1. The Morgan fingerprint density at radius 3 is 2.43 bits per heavy atom. The van der Waals surface area contributed by atoms with Gasteiger partial charge in [0.2, 0.25) is 11.8 Å². The molecule has 0 bridgehead atoms. The Morgan fingerprint density at radius 2 is 1.75 bits per heavy atom. The maximum Gasteiger partial charge on any atom is 0.238 e. The molecule has 1 spiro atoms. The van der Waals surface area contributed by atoms with E-state index in [9.17, 15) is 14.7 Å². The van der Waals surface area contributed by atoms with Crippen molar-refractivity contribution in [3.8, 4) is 0 Å². The number of halogens is 3. The van der Waals surface area contributed by atoms with E-state index in [-0.39, 0.29) is 34.1 Å². The number of fused-ring (bicyclic) bond motifs is 4. The fourth-order valence-corrected chi connectivity index (χ4v) is 9.34. The summed E-state index contributed by atoms with van der Waals surface area (Å²) >= 11 is 12.8. The Balaban J connectivity index is 1.31. The number of likely N-dealkylation sites (tertiary alicyclic amines) is 1. The fraction of sp³-hybridized carbons (Fsp3) is 0.588. The van der Waals surface area contributed by atoms with E-state index in [1.165, 1.54) is 6.07 Å². The predicted molar refractivity (Wildman–Crippen MR) is 170 cm³/mol. The van der Waals surface area contributed by atoms with E-state index in [4.69, 9.17) is 23.2 Å². The van der Waals surface area contributed by atoms with Gasteiger partial charge in [-0.05, 0) is 80.5 Å². The van der Waals surface area contributed by atoms with Crippen LogP contribution in [0.25, 0.3) is 0 Å². The van der Waals surface area contributed by atoms with Gasteiger partial charge in [-0.15, -0.1) is 0 Å². The summed E-state index contributed by atoms with van der Waals surface area (Å²) in [5.41, 5.74) is -0.486. The second-order valence-electron chi connectivity index (χ2n) is 14.6. The highest BCUT2D eigenvalue weighted by Crippen LogP contribution is 2.62. The molecular weight excluding hydrogens is 602 g/mol. The lowest BCUT2D eigenvalue weighted by molar-refractivity contribution is -0.131. The first-order valence-electron chi connectivity index (χ1n) is 16.0. The highest BCUT2D eigenvalue weighted by molar-refractivity contribution is 6.31. The second-order valence-corrected chi connectivity index (χ2v) is 15.5. The molecule has 10 heteroatoms. The van der Waals surface area contributed by atoms with Crippen LogP contribution in [-0.2, 0) is 15.0 Å². The summed E-state index contributed by atoms with van der Waals surface area (Å²) < 4.78 is 16.3. The van der Waals surface area contributed by atoms with Crippen LogP contribution in [0.3, 0.4) is 0 Å². The zero-order chi connectivity index (χ0) is 31.0. The molecule has 44 heavy (non-hydrogen) atoms. The quantitative estimate of drug-likeness (QED) is 0.352. The van der Waals surface area contributed by atoms with Crippen molar-refractivity contribution in [2.75, 3.05) is 18.4 Å². The molecule has 4 N–H and O–H groups in total. The van der Waals surface area contributed by atoms with Crippen LogP contribution in [-0.4, -0.2) is 64.7 Å². The van der Waals surface area contributed by atoms with Crippen molar-refractivity contribution >= 4 is 40.7 Å². The molecule has 2 aliphatic carbocycles. The number of hydrogen-bond donors (Lipinski definition) is 4. The molecule has 0 aromatic heterocycles. The zero-order valence-corrected chi connectivity index (χ0v) is 26.8. The van der Waals surface area contributed by atoms with Gasteiger partial charge in [0.15, 0.2) is 0 Å².